The molecule has 0 aliphatic carbocycles. The molecule has 2 aromatic carbocycles. The Kier molecular flexibility index (Phi) is 4.44. The minimum atomic E-state index is -0.568. The summed E-state index contributed by atoms with van der Waals surface area (Å²) in [7, 11) is 0. The summed E-state index contributed by atoms with van der Waals surface area (Å²) in [5, 5.41) is 7.21. The summed E-state index contributed by atoms with van der Waals surface area (Å²) in [5.41, 5.74) is 2.40. The van der Waals surface area contributed by atoms with Crippen LogP contribution >= 0.6 is 0 Å². The van der Waals surface area contributed by atoms with Gasteiger partial charge in [-0.05, 0) is 11.6 Å². The third-order valence-electron chi connectivity index (χ3n) is 3.54. The molecule has 0 bridgehead atoms. The molecule has 0 aromatic heterocycles. The lowest BCUT2D eigenvalue weighted by atomic mass is 10.1. The zero-order valence-electron chi connectivity index (χ0n) is 11.9. The molecule has 3 rings (SSSR count). The first-order valence-electron chi connectivity index (χ1n) is 7.15. The predicted molar refractivity (Wildman–Crippen MR) is 80.5 cm³/mol. The number of benzene rings is 2. The summed E-state index contributed by atoms with van der Waals surface area (Å²) in [6.45, 7) is 0.878. The average molecular weight is 302 g/mol. The fourth-order valence-corrected chi connectivity index (χ4v) is 2.37. The van der Waals surface area contributed by atoms with Crippen LogP contribution in [0.5, 0.6) is 0 Å². The molecule has 114 valence electrons. The van der Waals surface area contributed by atoms with Gasteiger partial charge in [-0.2, -0.15) is 0 Å². The second-order valence-electron chi connectivity index (χ2n) is 5.20. The molecule has 0 saturated carbocycles. The monoisotopic (exact) mass is 302 g/mol. The van der Waals surface area contributed by atoms with Crippen molar-refractivity contribution in [3.8, 4) is 0 Å². The van der Waals surface area contributed by atoms with E-state index in [1.165, 1.54) is 12.1 Å². The zero-order valence-corrected chi connectivity index (χ0v) is 11.9. The molecule has 1 heterocycles. The molecule has 3 nitrogen and oxygen atoms in total. The summed E-state index contributed by atoms with van der Waals surface area (Å²) in [5.74, 6) is -1.11. The maximum absolute atomic E-state index is 13.5. The van der Waals surface area contributed by atoms with Crippen LogP contribution in [0.2, 0.25) is 0 Å². The molecule has 1 atom stereocenters. The molecule has 0 radical (unpaired) electrons. The SMILES string of the molecule is Fc1ccc(CNCC2CC(c3ccccc3)=NO2)c(F)c1. The molecule has 1 aliphatic rings. The van der Waals surface area contributed by atoms with Crippen LogP contribution in [0.1, 0.15) is 17.5 Å². The van der Waals surface area contributed by atoms with Gasteiger partial charge in [0.2, 0.25) is 0 Å². The van der Waals surface area contributed by atoms with E-state index in [0.29, 0.717) is 25.1 Å². The Hall–Kier alpha value is -2.27. The first-order valence-corrected chi connectivity index (χ1v) is 7.15. The van der Waals surface area contributed by atoms with E-state index in [9.17, 15) is 8.78 Å². The molecule has 1 unspecified atom stereocenters. The van der Waals surface area contributed by atoms with E-state index in [1.807, 2.05) is 30.3 Å². The normalized spacial score (nSPS) is 17.2. The van der Waals surface area contributed by atoms with Gasteiger partial charge in [-0.15, -0.1) is 0 Å². The Morgan fingerprint density at radius 1 is 1.14 bits per heavy atom. The molecular weight excluding hydrogens is 286 g/mol. The van der Waals surface area contributed by atoms with Gasteiger partial charge in [-0.1, -0.05) is 41.6 Å². The van der Waals surface area contributed by atoms with Gasteiger partial charge in [-0.25, -0.2) is 8.78 Å². The van der Waals surface area contributed by atoms with Crippen molar-refractivity contribution in [1.29, 1.82) is 0 Å². The zero-order chi connectivity index (χ0) is 15.4. The van der Waals surface area contributed by atoms with Crippen LogP contribution in [-0.2, 0) is 11.4 Å². The largest absolute Gasteiger partial charge is 0.390 e. The van der Waals surface area contributed by atoms with Gasteiger partial charge in [0.1, 0.15) is 17.7 Å². The number of hydrogen-bond acceptors (Lipinski definition) is 3. The first kappa shape index (κ1) is 14.7. The molecule has 0 fully saturated rings. The molecule has 0 amide bonds. The van der Waals surface area contributed by atoms with Gasteiger partial charge in [0.15, 0.2) is 0 Å². The van der Waals surface area contributed by atoms with Gasteiger partial charge in [0.25, 0.3) is 0 Å². The third kappa shape index (κ3) is 3.49. The number of rotatable bonds is 5. The lowest BCUT2D eigenvalue weighted by molar-refractivity contribution is 0.0848. The van der Waals surface area contributed by atoms with Crippen molar-refractivity contribution in [1.82, 2.24) is 5.32 Å². The second kappa shape index (κ2) is 6.66. The maximum atomic E-state index is 13.5. The Bertz CT molecular complexity index is 674. The topological polar surface area (TPSA) is 33.6 Å². The van der Waals surface area contributed by atoms with Crippen molar-refractivity contribution in [2.75, 3.05) is 6.54 Å². The van der Waals surface area contributed by atoms with Crippen LogP contribution in [0.3, 0.4) is 0 Å². The standard InChI is InChI=1S/C17H16F2N2O/c18-14-7-6-13(16(19)8-14)10-20-11-15-9-17(21-22-15)12-4-2-1-3-5-12/h1-8,15,20H,9-11H2. The van der Waals surface area contributed by atoms with Crippen molar-refractivity contribution in [3.05, 3.63) is 71.3 Å². The van der Waals surface area contributed by atoms with E-state index in [4.69, 9.17) is 4.84 Å². The number of nitrogens with zero attached hydrogens (tertiary/aromatic N) is 1. The highest BCUT2D eigenvalue weighted by Crippen LogP contribution is 2.16. The second-order valence-corrected chi connectivity index (χ2v) is 5.20. The Labute approximate surface area is 127 Å². The Morgan fingerprint density at radius 2 is 1.95 bits per heavy atom. The fraction of sp³-hybridized carbons (Fsp3) is 0.235. The van der Waals surface area contributed by atoms with Gasteiger partial charge >= 0.3 is 0 Å². The summed E-state index contributed by atoms with van der Waals surface area (Å²) < 4.78 is 26.3. The van der Waals surface area contributed by atoms with Gasteiger partial charge in [-0.3, -0.25) is 0 Å². The third-order valence-corrected chi connectivity index (χ3v) is 3.54. The lowest BCUT2D eigenvalue weighted by Gasteiger charge is -2.10. The van der Waals surface area contributed by atoms with Crippen molar-refractivity contribution in [2.24, 2.45) is 5.16 Å². The maximum Gasteiger partial charge on any atom is 0.145 e. The van der Waals surface area contributed by atoms with Crippen LogP contribution in [0.4, 0.5) is 8.78 Å². The molecule has 22 heavy (non-hydrogen) atoms. The minimum absolute atomic E-state index is 0.0706. The molecule has 2 aromatic rings. The summed E-state index contributed by atoms with van der Waals surface area (Å²) >= 11 is 0. The molecule has 0 saturated heterocycles. The van der Waals surface area contributed by atoms with E-state index in [0.717, 1.165) is 17.3 Å². The van der Waals surface area contributed by atoms with E-state index in [1.54, 1.807) is 0 Å². The van der Waals surface area contributed by atoms with E-state index in [2.05, 4.69) is 10.5 Å². The molecular formula is C17H16F2N2O. The van der Waals surface area contributed by atoms with Crippen LogP contribution in [0.25, 0.3) is 0 Å². The van der Waals surface area contributed by atoms with E-state index < -0.39 is 11.6 Å². The smallest absolute Gasteiger partial charge is 0.145 e. The molecule has 1 N–H and O–H groups in total. The summed E-state index contributed by atoms with van der Waals surface area (Å²) in [6, 6.07) is 13.4. The number of hydrogen-bond donors (Lipinski definition) is 1. The number of halogens is 2. The minimum Gasteiger partial charge on any atom is -0.390 e. The van der Waals surface area contributed by atoms with E-state index >= 15 is 0 Å². The highest BCUT2D eigenvalue weighted by molar-refractivity contribution is 6.01. The average Bonchev–Trinajstić information content (AvgIpc) is 2.99. The van der Waals surface area contributed by atoms with Crippen molar-refractivity contribution in [3.63, 3.8) is 0 Å². The van der Waals surface area contributed by atoms with Gasteiger partial charge in [0.05, 0.1) is 5.71 Å². The lowest BCUT2D eigenvalue weighted by Crippen LogP contribution is -2.27. The summed E-state index contributed by atoms with van der Waals surface area (Å²) in [6.07, 6.45) is 0.641. The fourth-order valence-electron chi connectivity index (χ4n) is 2.37. The predicted octanol–water partition coefficient (Wildman–Crippen LogP) is 3.25. The quantitative estimate of drug-likeness (QED) is 0.920. The molecule has 1 aliphatic heterocycles. The van der Waals surface area contributed by atoms with Crippen molar-refractivity contribution in [2.45, 2.75) is 19.1 Å². The molecule has 0 spiro atoms. The van der Waals surface area contributed by atoms with Crippen LogP contribution < -0.4 is 5.32 Å². The number of oxime groups is 1. The van der Waals surface area contributed by atoms with Crippen LogP contribution in [0.15, 0.2) is 53.7 Å². The van der Waals surface area contributed by atoms with Gasteiger partial charge < -0.3 is 10.2 Å². The van der Waals surface area contributed by atoms with Crippen LogP contribution in [0, 0.1) is 11.6 Å². The first-order chi connectivity index (χ1) is 10.7. The highest BCUT2D eigenvalue weighted by Gasteiger charge is 2.21. The van der Waals surface area contributed by atoms with E-state index in [-0.39, 0.29) is 6.10 Å². The highest BCUT2D eigenvalue weighted by atomic mass is 19.1. The van der Waals surface area contributed by atoms with Crippen molar-refractivity contribution < 1.29 is 13.6 Å². The van der Waals surface area contributed by atoms with Crippen molar-refractivity contribution >= 4 is 5.71 Å². The molecule has 5 heteroatoms. The van der Waals surface area contributed by atoms with Crippen LogP contribution in [-0.4, -0.2) is 18.4 Å². The van der Waals surface area contributed by atoms with Gasteiger partial charge in [0, 0.05) is 31.1 Å². The Balaban J connectivity index is 1.48. The number of nitrogens with one attached hydrogen (secondary N) is 1. The summed E-state index contributed by atoms with van der Waals surface area (Å²) in [4.78, 5) is 5.38. The Morgan fingerprint density at radius 3 is 2.73 bits per heavy atom.